The van der Waals surface area contributed by atoms with Gasteiger partial charge in [0.25, 0.3) is 0 Å². The monoisotopic (exact) mass is 137 g/mol. The van der Waals surface area contributed by atoms with Crippen molar-refractivity contribution in [1.82, 2.24) is 5.32 Å². The van der Waals surface area contributed by atoms with Gasteiger partial charge in [-0.1, -0.05) is 0 Å². The Kier molecular flexibility index (Phi) is 0.715. The summed E-state index contributed by atoms with van der Waals surface area (Å²) in [4.78, 5) is 11.1. The zero-order valence-corrected chi connectivity index (χ0v) is 5.84. The van der Waals surface area contributed by atoms with Gasteiger partial charge in [0.2, 0.25) is 5.91 Å². The van der Waals surface area contributed by atoms with Crippen LogP contribution in [0.1, 0.15) is 12.8 Å². The maximum absolute atomic E-state index is 11.1. The van der Waals surface area contributed by atoms with Crippen LogP contribution in [0.25, 0.3) is 0 Å². The zero-order valence-electron chi connectivity index (χ0n) is 5.84. The molecule has 0 radical (unpaired) electrons. The van der Waals surface area contributed by atoms with Gasteiger partial charge in [-0.25, -0.2) is 0 Å². The molecule has 0 aromatic carbocycles. The van der Waals surface area contributed by atoms with Crippen molar-refractivity contribution in [2.45, 2.75) is 12.8 Å². The molecule has 2 heteroatoms. The Morgan fingerprint density at radius 3 is 2.60 bits per heavy atom. The molecule has 4 atom stereocenters. The molecule has 2 aliphatic carbocycles. The average Bonchev–Trinajstić information content (AvgIpc) is 2.14. The summed E-state index contributed by atoms with van der Waals surface area (Å²) < 4.78 is 0. The van der Waals surface area contributed by atoms with Crippen LogP contribution in [0.2, 0.25) is 0 Å². The fourth-order valence-corrected chi connectivity index (χ4v) is 2.97. The molecule has 3 fully saturated rings. The average molecular weight is 137 g/mol. The van der Waals surface area contributed by atoms with Crippen molar-refractivity contribution in [2.75, 3.05) is 6.54 Å². The molecule has 10 heavy (non-hydrogen) atoms. The molecule has 2 nitrogen and oxygen atoms in total. The molecule has 0 aromatic rings. The highest BCUT2D eigenvalue weighted by atomic mass is 16.2. The van der Waals surface area contributed by atoms with Crippen molar-refractivity contribution in [2.24, 2.45) is 23.7 Å². The minimum absolute atomic E-state index is 0.339. The number of fused-ring (bicyclic) bond motifs is 4. The number of hydrogen-bond donors (Lipinski definition) is 1. The summed E-state index contributed by atoms with van der Waals surface area (Å²) in [5, 5.41) is 2.94. The van der Waals surface area contributed by atoms with Gasteiger partial charge in [0, 0.05) is 12.5 Å². The van der Waals surface area contributed by atoms with E-state index in [0.29, 0.717) is 11.8 Å². The first kappa shape index (κ1) is 5.16. The Labute approximate surface area is 60.0 Å². The van der Waals surface area contributed by atoms with E-state index in [-0.39, 0.29) is 0 Å². The summed E-state index contributed by atoms with van der Waals surface area (Å²) in [7, 11) is 0. The molecule has 3 rings (SSSR count). The molecule has 3 aliphatic rings. The molecule has 1 saturated heterocycles. The maximum Gasteiger partial charge on any atom is 0.223 e. The van der Waals surface area contributed by atoms with E-state index in [2.05, 4.69) is 5.32 Å². The standard InChI is InChI=1S/C8H11NO/c10-8-7-5-2-1-4(5)6(7)3-9-8/h4-7H,1-3H2,(H,9,10)/t4-,5+,6+,7-/m0/s1. The Morgan fingerprint density at radius 2 is 2.00 bits per heavy atom. The first-order valence-corrected chi connectivity index (χ1v) is 4.15. The normalized spacial score (nSPS) is 55.8. The third kappa shape index (κ3) is 0.360. The lowest BCUT2D eigenvalue weighted by molar-refractivity contribution is -0.140. The summed E-state index contributed by atoms with van der Waals surface area (Å²) in [5.41, 5.74) is 0. The fraction of sp³-hybridized carbons (Fsp3) is 0.875. The molecular formula is C8H11NO. The number of nitrogens with one attached hydrogen (secondary N) is 1. The van der Waals surface area contributed by atoms with Gasteiger partial charge in [0.15, 0.2) is 0 Å². The van der Waals surface area contributed by atoms with E-state index in [4.69, 9.17) is 0 Å². The lowest BCUT2D eigenvalue weighted by Gasteiger charge is -2.55. The highest BCUT2D eigenvalue weighted by Crippen LogP contribution is 2.59. The van der Waals surface area contributed by atoms with Gasteiger partial charge >= 0.3 is 0 Å². The Hall–Kier alpha value is -0.530. The van der Waals surface area contributed by atoms with Crippen molar-refractivity contribution in [3.05, 3.63) is 0 Å². The lowest BCUT2D eigenvalue weighted by atomic mass is 9.48. The minimum Gasteiger partial charge on any atom is -0.356 e. The SMILES string of the molecule is O=C1NC[C@@H]2[C@H]3CC[C@H]3[C@H]12. The van der Waals surface area contributed by atoms with Gasteiger partial charge in [-0.15, -0.1) is 0 Å². The molecule has 0 spiro atoms. The van der Waals surface area contributed by atoms with E-state index in [1.54, 1.807) is 0 Å². The van der Waals surface area contributed by atoms with E-state index in [1.807, 2.05) is 0 Å². The van der Waals surface area contributed by atoms with Gasteiger partial charge in [0.05, 0.1) is 0 Å². The third-order valence-electron chi connectivity index (χ3n) is 3.67. The van der Waals surface area contributed by atoms with Crippen molar-refractivity contribution < 1.29 is 4.79 Å². The molecule has 1 aliphatic heterocycles. The smallest absolute Gasteiger partial charge is 0.223 e. The zero-order chi connectivity index (χ0) is 6.72. The van der Waals surface area contributed by atoms with Crippen LogP contribution in [0.15, 0.2) is 0 Å². The van der Waals surface area contributed by atoms with E-state index < -0.39 is 0 Å². The molecule has 0 unspecified atom stereocenters. The number of hydrogen-bond acceptors (Lipinski definition) is 1. The Bertz CT molecular complexity index is 201. The van der Waals surface area contributed by atoms with Gasteiger partial charge in [-0.05, 0) is 30.6 Å². The summed E-state index contributed by atoms with van der Waals surface area (Å²) in [5.74, 6) is 3.26. The Morgan fingerprint density at radius 1 is 1.20 bits per heavy atom. The third-order valence-corrected chi connectivity index (χ3v) is 3.67. The van der Waals surface area contributed by atoms with Crippen LogP contribution >= 0.6 is 0 Å². The summed E-state index contributed by atoms with van der Waals surface area (Å²) >= 11 is 0. The molecular weight excluding hydrogens is 126 g/mol. The van der Waals surface area contributed by atoms with Crippen LogP contribution in [-0.4, -0.2) is 12.5 Å². The maximum atomic E-state index is 11.1. The molecule has 2 saturated carbocycles. The fourth-order valence-electron chi connectivity index (χ4n) is 2.97. The van der Waals surface area contributed by atoms with Crippen molar-refractivity contribution in [3.8, 4) is 0 Å². The molecule has 54 valence electrons. The first-order chi connectivity index (χ1) is 4.88. The molecule has 1 amide bonds. The number of carbonyl (C=O) groups excluding carboxylic acids is 1. The van der Waals surface area contributed by atoms with Crippen molar-refractivity contribution in [3.63, 3.8) is 0 Å². The first-order valence-electron chi connectivity index (χ1n) is 4.15. The number of rotatable bonds is 0. The van der Waals surface area contributed by atoms with Crippen LogP contribution < -0.4 is 5.32 Å². The van der Waals surface area contributed by atoms with Crippen LogP contribution in [0.3, 0.4) is 0 Å². The molecule has 0 aromatic heterocycles. The van der Waals surface area contributed by atoms with Gasteiger partial charge in [-0.2, -0.15) is 0 Å². The summed E-state index contributed by atoms with van der Waals surface area (Å²) in [6.45, 7) is 0.977. The van der Waals surface area contributed by atoms with Crippen LogP contribution in [-0.2, 0) is 4.79 Å². The predicted molar refractivity (Wildman–Crippen MR) is 36.2 cm³/mol. The lowest BCUT2D eigenvalue weighted by Crippen LogP contribution is -2.53. The summed E-state index contributed by atoms with van der Waals surface area (Å²) in [6, 6.07) is 0. The van der Waals surface area contributed by atoms with Gasteiger partial charge in [-0.3, -0.25) is 4.79 Å². The van der Waals surface area contributed by atoms with Crippen molar-refractivity contribution in [1.29, 1.82) is 0 Å². The van der Waals surface area contributed by atoms with Gasteiger partial charge in [0.1, 0.15) is 0 Å². The highest BCUT2D eigenvalue weighted by Gasteiger charge is 2.60. The van der Waals surface area contributed by atoms with Gasteiger partial charge < -0.3 is 5.32 Å². The quantitative estimate of drug-likeness (QED) is 0.514. The second kappa shape index (κ2) is 1.39. The Balaban J connectivity index is 1.90. The highest BCUT2D eigenvalue weighted by molar-refractivity contribution is 5.83. The van der Waals surface area contributed by atoms with Crippen LogP contribution in [0, 0.1) is 23.7 Å². The molecule has 1 N–H and O–H groups in total. The van der Waals surface area contributed by atoms with E-state index >= 15 is 0 Å². The van der Waals surface area contributed by atoms with E-state index in [9.17, 15) is 4.79 Å². The summed E-state index contributed by atoms with van der Waals surface area (Å²) in [6.07, 6.45) is 2.71. The van der Waals surface area contributed by atoms with Crippen LogP contribution in [0.4, 0.5) is 0 Å². The van der Waals surface area contributed by atoms with Crippen molar-refractivity contribution >= 4 is 5.91 Å². The predicted octanol–water partition coefficient (Wildman–Crippen LogP) is 0.388. The second-order valence-electron chi connectivity index (χ2n) is 3.84. The molecule has 1 heterocycles. The topological polar surface area (TPSA) is 29.1 Å². The van der Waals surface area contributed by atoms with E-state index in [1.165, 1.54) is 12.8 Å². The van der Waals surface area contributed by atoms with Crippen LogP contribution in [0.5, 0.6) is 0 Å². The van der Waals surface area contributed by atoms with E-state index in [0.717, 1.165) is 24.3 Å². The number of amides is 1. The largest absolute Gasteiger partial charge is 0.356 e. The molecule has 0 bridgehead atoms. The second-order valence-corrected chi connectivity index (χ2v) is 3.84. The number of carbonyl (C=O) groups is 1. The minimum atomic E-state index is 0.339.